The summed E-state index contributed by atoms with van der Waals surface area (Å²) in [5.41, 5.74) is 0.891. The summed E-state index contributed by atoms with van der Waals surface area (Å²) in [4.78, 5) is 16.2. The summed E-state index contributed by atoms with van der Waals surface area (Å²) in [7, 11) is 0. The SMILES string of the molecule is CS/C(NCc1cccnc1)=C(\C#N)C(=O)OCCOc1ccccc1. The Kier molecular flexibility index (Phi) is 8.03. The largest absolute Gasteiger partial charge is 0.490 e. The fourth-order valence-electron chi connectivity index (χ4n) is 2.02. The molecule has 1 aromatic heterocycles. The normalized spacial score (nSPS) is 11.1. The fraction of sp³-hybridized carbons (Fsp3) is 0.211. The summed E-state index contributed by atoms with van der Waals surface area (Å²) < 4.78 is 10.6. The Balaban J connectivity index is 1.87. The van der Waals surface area contributed by atoms with Crippen molar-refractivity contribution in [2.75, 3.05) is 19.5 Å². The Labute approximate surface area is 156 Å². The van der Waals surface area contributed by atoms with E-state index in [9.17, 15) is 10.1 Å². The molecule has 1 heterocycles. The van der Waals surface area contributed by atoms with Crippen molar-refractivity contribution in [2.45, 2.75) is 6.54 Å². The molecule has 0 amide bonds. The molecule has 0 bridgehead atoms. The number of hydrogen-bond donors (Lipinski definition) is 1. The van der Waals surface area contributed by atoms with E-state index in [0.29, 0.717) is 17.3 Å². The van der Waals surface area contributed by atoms with E-state index in [1.807, 2.05) is 48.5 Å². The van der Waals surface area contributed by atoms with Crippen molar-refractivity contribution in [3.8, 4) is 11.8 Å². The van der Waals surface area contributed by atoms with Gasteiger partial charge in [-0.15, -0.1) is 11.8 Å². The second kappa shape index (κ2) is 10.8. The molecule has 2 aromatic rings. The smallest absolute Gasteiger partial charge is 0.351 e. The van der Waals surface area contributed by atoms with Gasteiger partial charge in [0.05, 0.1) is 5.03 Å². The van der Waals surface area contributed by atoms with Crippen molar-refractivity contribution in [3.63, 3.8) is 0 Å². The number of nitriles is 1. The first-order chi connectivity index (χ1) is 12.7. The molecule has 1 N–H and O–H groups in total. The van der Waals surface area contributed by atoms with E-state index in [1.54, 1.807) is 18.6 Å². The first-order valence-electron chi connectivity index (χ1n) is 7.90. The third kappa shape index (κ3) is 6.15. The van der Waals surface area contributed by atoms with Gasteiger partial charge < -0.3 is 14.8 Å². The highest BCUT2D eigenvalue weighted by molar-refractivity contribution is 8.02. The van der Waals surface area contributed by atoms with Crippen LogP contribution in [0.1, 0.15) is 5.56 Å². The highest BCUT2D eigenvalue weighted by Crippen LogP contribution is 2.16. The number of benzene rings is 1. The minimum Gasteiger partial charge on any atom is -0.490 e. The van der Waals surface area contributed by atoms with Crippen LogP contribution in [0.4, 0.5) is 0 Å². The molecule has 0 radical (unpaired) electrons. The van der Waals surface area contributed by atoms with Crippen LogP contribution < -0.4 is 10.1 Å². The number of pyridine rings is 1. The third-order valence-corrected chi connectivity index (χ3v) is 4.01. The van der Waals surface area contributed by atoms with Crippen molar-refractivity contribution in [2.24, 2.45) is 0 Å². The molecule has 1 aromatic carbocycles. The van der Waals surface area contributed by atoms with Gasteiger partial charge in [0.2, 0.25) is 0 Å². The van der Waals surface area contributed by atoms with E-state index in [1.165, 1.54) is 11.8 Å². The monoisotopic (exact) mass is 369 g/mol. The van der Waals surface area contributed by atoms with Gasteiger partial charge in [-0.2, -0.15) is 5.26 Å². The van der Waals surface area contributed by atoms with Crippen LogP contribution in [-0.4, -0.2) is 30.4 Å². The molecule has 2 rings (SSSR count). The first-order valence-corrected chi connectivity index (χ1v) is 9.13. The van der Waals surface area contributed by atoms with Crippen LogP contribution >= 0.6 is 11.8 Å². The predicted molar refractivity (Wildman–Crippen MR) is 100 cm³/mol. The number of nitrogens with one attached hydrogen (secondary N) is 1. The molecule has 0 fully saturated rings. The van der Waals surface area contributed by atoms with Gasteiger partial charge in [0.25, 0.3) is 0 Å². The van der Waals surface area contributed by atoms with Crippen molar-refractivity contribution < 1.29 is 14.3 Å². The number of thioether (sulfide) groups is 1. The average molecular weight is 369 g/mol. The standard InChI is InChI=1S/C19H19N3O3S/c1-26-18(22-14-15-6-5-9-21-13-15)17(12-20)19(23)25-11-10-24-16-7-3-2-4-8-16/h2-9,13,22H,10-11,14H2,1H3/b18-17+. The maximum atomic E-state index is 12.2. The molecule has 134 valence electrons. The number of hydrogen-bond acceptors (Lipinski definition) is 7. The lowest BCUT2D eigenvalue weighted by atomic mass is 10.3. The minimum absolute atomic E-state index is 0.0545. The van der Waals surface area contributed by atoms with E-state index in [4.69, 9.17) is 9.47 Å². The summed E-state index contributed by atoms with van der Waals surface area (Å²) in [5, 5.41) is 12.9. The van der Waals surface area contributed by atoms with Crippen LogP contribution in [0.3, 0.4) is 0 Å². The molecule has 0 aliphatic rings. The molecule has 0 aliphatic heterocycles. The second-order valence-corrected chi connectivity index (χ2v) is 5.85. The Morgan fingerprint density at radius 3 is 2.69 bits per heavy atom. The quantitative estimate of drug-likeness (QED) is 0.315. The maximum Gasteiger partial charge on any atom is 0.351 e. The van der Waals surface area contributed by atoms with Crippen LogP contribution in [0, 0.1) is 11.3 Å². The van der Waals surface area contributed by atoms with Gasteiger partial charge in [-0.25, -0.2) is 4.79 Å². The molecule has 26 heavy (non-hydrogen) atoms. The number of ether oxygens (including phenoxy) is 2. The van der Waals surface area contributed by atoms with Gasteiger partial charge in [0.15, 0.2) is 5.57 Å². The van der Waals surface area contributed by atoms with E-state index in [0.717, 1.165) is 5.56 Å². The van der Waals surface area contributed by atoms with E-state index in [2.05, 4.69) is 10.3 Å². The average Bonchev–Trinajstić information content (AvgIpc) is 2.70. The molecule has 7 heteroatoms. The van der Waals surface area contributed by atoms with Crippen LogP contribution in [0.15, 0.2) is 65.5 Å². The molecule has 0 atom stereocenters. The summed E-state index contributed by atoms with van der Waals surface area (Å²) in [6, 6.07) is 14.9. The van der Waals surface area contributed by atoms with Crippen LogP contribution in [0.2, 0.25) is 0 Å². The summed E-state index contributed by atoms with van der Waals surface area (Å²) in [6.07, 6.45) is 5.19. The summed E-state index contributed by atoms with van der Waals surface area (Å²) >= 11 is 1.28. The highest BCUT2D eigenvalue weighted by atomic mass is 32.2. The number of para-hydroxylation sites is 1. The second-order valence-electron chi connectivity index (χ2n) is 5.03. The van der Waals surface area contributed by atoms with Crippen molar-refractivity contribution in [1.29, 1.82) is 5.26 Å². The van der Waals surface area contributed by atoms with Gasteiger partial charge in [-0.05, 0) is 30.0 Å². The summed E-state index contributed by atoms with van der Waals surface area (Å²) in [5.74, 6) is 0.0229. The Hall–Kier alpha value is -2.98. The van der Waals surface area contributed by atoms with Gasteiger partial charge in [0.1, 0.15) is 25.0 Å². The van der Waals surface area contributed by atoms with E-state index >= 15 is 0 Å². The van der Waals surface area contributed by atoms with Crippen LogP contribution in [0.25, 0.3) is 0 Å². The predicted octanol–water partition coefficient (Wildman–Crippen LogP) is 2.89. The molecule has 0 saturated heterocycles. The molecule has 0 spiro atoms. The molecule has 0 aliphatic carbocycles. The van der Waals surface area contributed by atoms with Gasteiger partial charge in [0, 0.05) is 18.9 Å². The minimum atomic E-state index is -0.674. The number of carbonyl (C=O) groups excluding carboxylic acids is 1. The molecule has 6 nitrogen and oxygen atoms in total. The Morgan fingerprint density at radius 1 is 1.23 bits per heavy atom. The van der Waals surface area contributed by atoms with E-state index in [-0.39, 0.29) is 18.8 Å². The topological polar surface area (TPSA) is 84.2 Å². The van der Waals surface area contributed by atoms with Crippen LogP contribution in [0.5, 0.6) is 5.75 Å². The van der Waals surface area contributed by atoms with Crippen molar-refractivity contribution in [1.82, 2.24) is 10.3 Å². The third-order valence-electron chi connectivity index (χ3n) is 3.25. The lowest BCUT2D eigenvalue weighted by molar-refractivity contribution is -0.139. The number of esters is 1. The van der Waals surface area contributed by atoms with Gasteiger partial charge >= 0.3 is 5.97 Å². The first kappa shape index (κ1) is 19.3. The number of carbonyl (C=O) groups is 1. The molecular formula is C19H19N3O3S. The summed E-state index contributed by atoms with van der Waals surface area (Å²) in [6.45, 7) is 0.731. The van der Waals surface area contributed by atoms with Crippen molar-refractivity contribution in [3.05, 3.63) is 71.0 Å². The van der Waals surface area contributed by atoms with Crippen molar-refractivity contribution >= 4 is 17.7 Å². The van der Waals surface area contributed by atoms with Crippen LogP contribution in [-0.2, 0) is 16.1 Å². The Bertz CT molecular complexity index is 774. The zero-order chi connectivity index (χ0) is 18.6. The van der Waals surface area contributed by atoms with Gasteiger partial charge in [-0.1, -0.05) is 24.3 Å². The highest BCUT2D eigenvalue weighted by Gasteiger charge is 2.16. The molecule has 0 unspecified atom stereocenters. The number of rotatable bonds is 9. The zero-order valence-electron chi connectivity index (χ0n) is 14.3. The molecule has 0 saturated carbocycles. The lowest BCUT2D eigenvalue weighted by Crippen LogP contribution is -2.19. The number of nitrogens with zero attached hydrogens (tertiary/aromatic N) is 2. The van der Waals surface area contributed by atoms with Gasteiger partial charge in [-0.3, -0.25) is 4.98 Å². The lowest BCUT2D eigenvalue weighted by Gasteiger charge is -2.11. The Morgan fingerprint density at radius 2 is 2.04 bits per heavy atom. The number of aromatic nitrogens is 1. The molecular weight excluding hydrogens is 350 g/mol. The maximum absolute atomic E-state index is 12.2. The van der Waals surface area contributed by atoms with E-state index < -0.39 is 5.97 Å². The fourth-order valence-corrected chi connectivity index (χ4v) is 2.57. The zero-order valence-corrected chi connectivity index (χ0v) is 15.2.